The lowest BCUT2D eigenvalue weighted by Gasteiger charge is -2.17. The van der Waals surface area contributed by atoms with Crippen molar-refractivity contribution in [1.29, 1.82) is 0 Å². The summed E-state index contributed by atoms with van der Waals surface area (Å²) in [5.41, 5.74) is 3.21. The molecular weight excluding hydrogens is 381 g/mol. The van der Waals surface area contributed by atoms with Gasteiger partial charge in [0.25, 0.3) is 5.91 Å². The average molecular weight is 403 g/mol. The lowest BCUT2D eigenvalue weighted by Crippen LogP contribution is -2.29. The Kier molecular flexibility index (Phi) is 5.48. The van der Waals surface area contributed by atoms with E-state index in [0.29, 0.717) is 17.9 Å². The molecule has 1 unspecified atom stereocenters. The molecule has 0 saturated heterocycles. The van der Waals surface area contributed by atoms with Crippen LogP contribution < -0.4 is 10.1 Å². The Morgan fingerprint density at radius 3 is 2.53 bits per heavy atom. The molecule has 3 aromatic carbocycles. The highest BCUT2D eigenvalue weighted by Gasteiger charge is 2.20. The summed E-state index contributed by atoms with van der Waals surface area (Å²) in [6.45, 7) is 2.42. The van der Waals surface area contributed by atoms with Gasteiger partial charge in [-0.2, -0.15) is 0 Å². The van der Waals surface area contributed by atoms with Crippen molar-refractivity contribution in [2.75, 3.05) is 7.11 Å². The number of benzene rings is 3. The Balaban J connectivity index is 1.67. The third-order valence-corrected chi connectivity index (χ3v) is 5.02. The van der Waals surface area contributed by atoms with Gasteiger partial charge in [-0.3, -0.25) is 4.79 Å². The van der Waals surface area contributed by atoms with Crippen LogP contribution in [0.2, 0.25) is 0 Å². The minimum atomic E-state index is -0.352. The number of aromatic nitrogens is 2. The van der Waals surface area contributed by atoms with Crippen LogP contribution in [0, 0.1) is 5.82 Å². The van der Waals surface area contributed by atoms with Crippen molar-refractivity contribution < 1.29 is 13.9 Å². The first-order valence-corrected chi connectivity index (χ1v) is 9.70. The number of nitrogens with one attached hydrogen (secondary N) is 1. The minimum Gasteiger partial charge on any atom is -0.496 e. The molecule has 6 heteroatoms. The van der Waals surface area contributed by atoms with Crippen LogP contribution in [-0.4, -0.2) is 22.6 Å². The number of halogens is 1. The molecule has 30 heavy (non-hydrogen) atoms. The van der Waals surface area contributed by atoms with Gasteiger partial charge in [0.2, 0.25) is 0 Å². The second-order valence-electron chi connectivity index (χ2n) is 7.07. The van der Waals surface area contributed by atoms with E-state index in [-0.39, 0.29) is 17.8 Å². The topological polar surface area (TPSA) is 56.1 Å². The number of carbonyl (C=O) groups excluding carboxylic acids is 1. The summed E-state index contributed by atoms with van der Waals surface area (Å²) in [5.74, 6) is 0.734. The predicted octanol–water partition coefficient (Wildman–Crippen LogP) is 4.72. The van der Waals surface area contributed by atoms with E-state index in [0.717, 1.165) is 22.4 Å². The zero-order valence-electron chi connectivity index (χ0n) is 16.8. The van der Waals surface area contributed by atoms with E-state index in [2.05, 4.69) is 9.88 Å². The van der Waals surface area contributed by atoms with Gasteiger partial charge in [0, 0.05) is 6.54 Å². The van der Waals surface area contributed by atoms with Gasteiger partial charge >= 0.3 is 0 Å². The summed E-state index contributed by atoms with van der Waals surface area (Å²) < 4.78 is 20.7. The fourth-order valence-corrected chi connectivity index (χ4v) is 3.53. The van der Waals surface area contributed by atoms with Crippen LogP contribution in [0.5, 0.6) is 5.75 Å². The fraction of sp³-hybridized carbons (Fsp3) is 0.167. The second kappa shape index (κ2) is 8.37. The molecule has 0 fully saturated rings. The molecule has 1 heterocycles. The van der Waals surface area contributed by atoms with E-state index < -0.39 is 0 Å². The summed E-state index contributed by atoms with van der Waals surface area (Å²) >= 11 is 0. The molecule has 0 bridgehead atoms. The van der Waals surface area contributed by atoms with Crippen LogP contribution in [0.15, 0.2) is 72.8 Å². The van der Waals surface area contributed by atoms with Crippen LogP contribution in [0.4, 0.5) is 4.39 Å². The summed E-state index contributed by atoms with van der Waals surface area (Å²) in [6, 6.07) is 21.0. The molecule has 4 aromatic rings. The number of imidazole rings is 1. The highest BCUT2D eigenvalue weighted by molar-refractivity contribution is 5.97. The van der Waals surface area contributed by atoms with E-state index in [1.54, 1.807) is 30.3 Å². The molecule has 1 N–H and O–H groups in total. The molecule has 5 nitrogen and oxygen atoms in total. The first-order valence-electron chi connectivity index (χ1n) is 9.70. The number of hydrogen-bond acceptors (Lipinski definition) is 3. The lowest BCUT2D eigenvalue weighted by atomic mass is 10.1. The Morgan fingerprint density at radius 2 is 1.77 bits per heavy atom. The molecule has 1 amide bonds. The van der Waals surface area contributed by atoms with E-state index >= 15 is 0 Å². The number of carbonyl (C=O) groups is 1. The Labute approximate surface area is 174 Å². The molecule has 1 atom stereocenters. The zero-order chi connectivity index (χ0) is 21.1. The van der Waals surface area contributed by atoms with Gasteiger partial charge in [-0.25, -0.2) is 9.37 Å². The fourth-order valence-electron chi connectivity index (χ4n) is 3.53. The van der Waals surface area contributed by atoms with Crippen LogP contribution in [0.3, 0.4) is 0 Å². The Bertz CT molecular complexity index is 1180. The molecule has 0 aliphatic carbocycles. The first kappa shape index (κ1) is 19.6. The van der Waals surface area contributed by atoms with Gasteiger partial charge in [-0.05, 0) is 48.9 Å². The number of amides is 1. The number of rotatable bonds is 6. The van der Waals surface area contributed by atoms with E-state index in [1.165, 1.54) is 19.2 Å². The molecular formula is C24H22FN3O2. The highest BCUT2D eigenvalue weighted by Crippen LogP contribution is 2.24. The smallest absolute Gasteiger partial charge is 0.255 e. The van der Waals surface area contributed by atoms with Crippen molar-refractivity contribution in [3.05, 3.63) is 95.6 Å². The van der Waals surface area contributed by atoms with Crippen molar-refractivity contribution in [3.8, 4) is 5.75 Å². The van der Waals surface area contributed by atoms with Gasteiger partial charge in [-0.15, -0.1) is 0 Å². The molecule has 0 spiro atoms. The third-order valence-electron chi connectivity index (χ3n) is 5.02. The molecule has 0 saturated carbocycles. The van der Waals surface area contributed by atoms with Gasteiger partial charge in [0.05, 0.1) is 29.7 Å². The van der Waals surface area contributed by atoms with Crippen molar-refractivity contribution in [3.63, 3.8) is 0 Å². The maximum atomic E-state index is 13.3. The van der Waals surface area contributed by atoms with E-state index in [9.17, 15) is 9.18 Å². The predicted molar refractivity (Wildman–Crippen MR) is 114 cm³/mol. The number of fused-ring (bicyclic) bond motifs is 1. The van der Waals surface area contributed by atoms with Crippen molar-refractivity contribution in [2.24, 2.45) is 0 Å². The molecule has 1 aromatic heterocycles. The maximum absolute atomic E-state index is 13.3. The number of ether oxygens (including phenoxy) is 1. The van der Waals surface area contributed by atoms with Gasteiger partial charge in [0.1, 0.15) is 17.4 Å². The standard InChI is InChI=1S/C24H22FN3O2/c1-16(26-24(29)19-7-3-6-10-22(19)30-2)23-27-20-8-4-5-9-21(20)28(23)15-17-11-13-18(25)14-12-17/h3-14,16H,15H2,1-2H3,(H,26,29). The van der Waals surface area contributed by atoms with E-state index in [4.69, 9.17) is 9.72 Å². The van der Waals surface area contributed by atoms with Crippen LogP contribution >= 0.6 is 0 Å². The summed E-state index contributed by atoms with van der Waals surface area (Å²) in [6.07, 6.45) is 0. The maximum Gasteiger partial charge on any atom is 0.255 e. The molecule has 0 radical (unpaired) electrons. The third kappa shape index (κ3) is 3.89. The average Bonchev–Trinajstić information content (AvgIpc) is 3.14. The number of para-hydroxylation sites is 3. The number of nitrogens with zero attached hydrogens (tertiary/aromatic N) is 2. The summed E-state index contributed by atoms with van der Waals surface area (Å²) in [4.78, 5) is 17.6. The van der Waals surface area contributed by atoms with Gasteiger partial charge < -0.3 is 14.6 Å². The Hall–Kier alpha value is -3.67. The molecule has 0 aliphatic rings. The van der Waals surface area contributed by atoms with Crippen LogP contribution in [0.25, 0.3) is 11.0 Å². The first-order chi connectivity index (χ1) is 14.6. The minimum absolute atomic E-state index is 0.236. The molecule has 4 rings (SSSR count). The zero-order valence-corrected chi connectivity index (χ0v) is 16.8. The van der Waals surface area contributed by atoms with Gasteiger partial charge in [-0.1, -0.05) is 36.4 Å². The summed E-state index contributed by atoms with van der Waals surface area (Å²) in [5, 5.41) is 3.02. The normalized spacial score (nSPS) is 12.0. The van der Waals surface area contributed by atoms with Crippen LogP contribution in [-0.2, 0) is 6.54 Å². The monoisotopic (exact) mass is 403 g/mol. The van der Waals surface area contributed by atoms with Crippen LogP contribution in [0.1, 0.15) is 34.7 Å². The van der Waals surface area contributed by atoms with Crippen molar-refractivity contribution >= 4 is 16.9 Å². The number of methoxy groups -OCH3 is 1. The SMILES string of the molecule is COc1ccccc1C(=O)NC(C)c1nc2ccccc2n1Cc1ccc(F)cc1. The molecule has 152 valence electrons. The number of hydrogen-bond donors (Lipinski definition) is 1. The second-order valence-corrected chi connectivity index (χ2v) is 7.07. The van der Waals surface area contributed by atoms with Crippen molar-refractivity contribution in [2.45, 2.75) is 19.5 Å². The molecule has 0 aliphatic heterocycles. The Morgan fingerprint density at radius 1 is 1.07 bits per heavy atom. The quantitative estimate of drug-likeness (QED) is 0.507. The van der Waals surface area contributed by atoms with Gasteiger partial charge in [0.15, 0.2) is 0 Å². The largest absolute Gasteiger partial charge is 0.496 e. The van der Waals surface area contributed by atoms with E-state index in [1.807, 2.05) is 37.3 Å². The lowest BCUT2D eigenvalue weighted by molar-refractivity contribution is 0.0934. The summed E-state index contributed by atoms with van der Waals surface area (Å²) in [7, 11) is 1.54. The highest BCUT2D eigenvalue weighted by atomic mass is 19.1. The van der Waals surface area contributed by atoms with Crippen molar-refractivity contribution in [1.82, 2.24) is 14.9 Å².